The Kier molecular flexibility index (Phi) is 6.14. The second kappa shape index (κ2) is 8.30. The summed E-state index contributed by atoms with van der Waals surface area (Å²) in [5, 5.41) is 5.77. The number of amides is 1. The molecule has 0 saturated carbocycles. The minimum Gasteiger partial charge on any atom is -0.497 e. The second-order valence-corrected chi connectivity index (χ2v) is 5.74. The molecule has 0 aliphatic carbocycles. The van der Waals surface area contributed by atoms with Crippen LogP contribution in [0.5, 0.6) is 11.5 Å². The molecule has 2 N–H and O–H groups in total. The van der Waals surface area contributed by atoms with Crippen LogP contribution in [0.4, 0.5) is 5.69 Å². The van der Waals surface area contributed by atoms with Gasteiger partial charge >= 0.3 is 0 Å². The van der Waals surface area contributed by atoms with Crippen molar-refractivity contribution in [2.75, 3.05) is 19.5 Å². The quantitative estimate of drug-likeness (QED) is 0.797. The van der Waals surface area contributed by atoms with Gasteiger partial charge in [-0.3, -0.25) is 10.1 Å². The zero-order chi connectivity index (χ0) is 18.4. The minimum absolute atomic E-state index is 0.178. The van der Waals surface area contributed by atoms with E-state index in [0.717, 1.165) is 11.1 Å². The lowest BCUT2D eigenvalue weighted by atomic mass is 10.1. The first-order valence-corrected chi connectivity index (χ1v) is 7.95. The van der Waals surface area contributed by atoms with Crippen molar-refractivity contribution in [3.05, 3.63) is 60.2 Å². The van der Waals surface area contributed by atoms with Gasteiger partial charge < -0.3 is 14.8 Å². The number of carbonyl (C=O) groups excluding carboxylic acids is 1. The number of anilines is 1. The fourth-order valence-electron chi connectivity index (χ4n) is 2.14. The van der Waals surface area contributed by atoms with Gasteiger partial charge in [0.05, 0.1) is 19.9 Å². The van der Waals surface area contributed by atoms with Gasteiger partial charge in [0.25, 0.3) is 5.91 Å². The Morgan fingerprint density at radius 1 is 1.04 bits per heavy atom. The number of hydrogen-bond acceptors (Lipinski definition) is 4. The lowest BCUT2D eigenvalue weighted by Gasteiger charge is -2.14. The first-order chi connectivity index (χ1) is 11.9. The zero-order valence-corrected chi connectivity index (χ0v) is 15.2. The van der Waals surface area contributed by atoms with Crippen molar-refractivity contribution in [3.8, 4) is 11.5 Å². The number of methoxy groups -OCH3 is 2. The van der Waals surface area contributed by atoms with Crippen molar-refractivity contribution < 1.29 is 14.3 Å². The van der Waals surface area contributed by atoms with Crippen molar-refractivity contribution in [1.82, 2.24) is 5.32 Å². The number of carbonyl (C=O) groups is 1. The number of nitrogens with one attached hydrogen (secondary N) is 2. The number of allylic oxidation sites excluding steroid dienone is 1. The smallest absolute Gasteiger partial charge is 0.257 e. The average molecular weight is 356 g/mol. The van der Waals surface area contributed by atoms with Crippen LogP contribution in [-0.2, 0) is 0 Å². The molecule has 2 rings (SSSR count). The predicted octanol–water partition coefficient (Wildman–Crippen LogP) is 3.86. The molecule has 0 atom stereocenters. The third-order valence-electron chi connectivity index (χ3n) is 3.52. The van der Waals surface area contributed by atoms with E-state index in [4.69, 9.17) is 21.7 Å². The third-order valence-corrected chi connectivity index (χ3v) is 3.73. The Hall–Kier alpha value is -2.86. The van der Waals surface area contributed by atoms with E-state index in [2.05, 4.69) is 17.2 Å². The number of thiocarbonyl (C=S) groups is 1. The van der Waals surface area contributed by atoms with E-state index in [1.54, 1.807) is 44.6 Å². The van der Waals surface area contributed by atoms with Crippen LogP contribution in [0.1, 0.15) is 22.8 Å². The van der Waals surface area contributed by atoms with Crippen molar-refractivity contribution in [1.29, 1.82) is 0 Å². The molecule has 0 radical (unpaired) electrons. The summed E-state index contributed by atoms with van der Waals surface area (Å²) in [5.74, 6) is 0.926. The predicted molar refractivity (Wildman–Crippen MR) is 104 cm³/mol. The first-order valence-electron chi connectivity index (χ1n) is 7.55. The van der Waals surface area contributed by atoms with Crippen LogP contribution < -0.4 is 20.1 Å². The Morgan fingerprint density at radius 3 is 2.24 bits per heavy atom. The van der Waals surface area contributed by atoms with Crippen LogP contribution in [0.15, 0.2) is 49.0 Å². The van der Waals surface area contributed by atoms with Crippen molar-refractivity contribution in [2.24, 2.45) is 0 Å². The summed E-state index contributed by atoms with van der Waals surface area (Å²) in [6.07, 6.45) is 0. The van der Waals surface area contributed by atoms with Gasteiger partial charge in [-0.05, 0) is 49.0 Å². The molecular weight excluding hydrogens is 336 g/mol. The van der Waals surface area contributed by atoms with Crippen LogP contribution in [-0.4, -0.2) is 25.2 Å². The maximum Gasteiger partial charge on any atom is 0.257 e. The largest absolute Gasteiger partial charge is 0.497 e. The first kappa shape index (κ1) is 18.5. The molecule has 0 unspecified atom stereocenters. The van der Waals surface area contributed by atoms with E-state index < -0.39 is 0 Å². The fourth-order valence-corrected chi connectivity index (χ4v) is 2.34. The molecule has 0 fully saturated rings. The molecule has 5 nitrogen and oxygen atoms in total. The zero-order valence-electron chi connectivity index (χ0n) is 14.4. The van der Waals surface area contributed by atoms with Gasteiger partial charge in [0, 0.05) is 11.6 Å². The normalized spacial score (nSPS) is 9.88. The van der Waals surface area contributed by atoms with Crippen molar-refractivity contribution >= 4 is 34.5 Å². The molecular formula is C19H20N2O3S. The molecule has 2 aromatic carbocycles. The maximum atomic E-state index is 12.3. The number of rotatable bonds is 5. The molecule has 0 spiro atoms. The molecule has 1 amide bonds. The van der Waals surface area contributed by atoms with Crippen LogP contribution in [0.2, 0.25) is 0 Å². The summed E-state index contributed by atoms with van der Waals surface area (Å²) in [5.41, 5.74) is 3.07. The molecule has 0 aliphatic rings. The average Bonchev–Trinajstić information content (AvgIpc) is 2.61. The Morgan fingerprint density at radius 2 is 1.68 bits per heavy atom. The summed E-state index contributed by atoms with van der Waals surface area (Å²) in [7, 11) is 3.12. The summed E-state index contributed by atoms with van der Waals surface area (Å²) in [6.45, 7) is 5.78. The fraction of sp³-hybridized carbons (Fsp3) is 0.158. The van der Waals surface area contributed by atoms with Crippen molar-refractivity contribution in [3.63, 3.8) is 0 Å². The van der Waals surface area contributed by atoms with Gasteiger partial charge in [-0.15, -0.1) is 0 Å². The van der Waals surface area contributed by atoms with E-state index in [9.17, 15) is 4.79 Å². The number of hydrogen-bond donors (Lipinski definition) is 2. The molecule has 0 saturated heterocycles. The molecule has 0 aliphatic heterocycles. The Balaban J connectivity index is 2.04. The molecule has 0 bridgehead atoms. The van der Waals surface area contributed by atoms with Gasteiger partial charge in [-0.1, -0.05) is 24.3 Å². The highest BCUT2D eigenvalue weighted by Gasteiger charge is 2.11. The monoisotopic (exact) mass is 356 g/mol. The summed E-state index contributed by atoms with van der Waals surface area (Å²) < 4.78 is 10.4. The molecule has 0 heterocycles. The Labute approximate surface area is 152 Å². The standard InChI is InChI=1S/C19H20N2O3S/c1-12(2)13-5-7-14(8-6-13)18(22)21-19(25)20-16-10-9-15(23-3)11-17(16)24-4/h5-11H,1H2,2-4H3,(H2,20,21,22,25). The van der Waals surface area contributed by atoms with E-state index in [0.29, 0.717) is 22.7 Å². The highest BCUT2D eigenvalue weighted by molar-refractivity contribution is 7.80. The van der Waals surface area contributed by atoms with Crippen LogP contribution in [0.3, 0.4) is 0 Å². The van der Waals surface area contributed by atoms with E-state index in [-0.39, 0.29) is 11.0 Å². The number of ether oxygens (including phenoxy) is 2. The maximum absolute atomic E-state index is 12.3. The molecule has 25 heavy (non-hydrogen) atoms. The highest BCUT2D eigenvalue weighted by atomic mass is 32.1. The van der Waals surface area contributed by atoms with Gasteiger partial charge in [-0.25, -0.2) is 0 Å². The molecule has 0 aromatic heterocycles. The van der Waals surface area contributed by atoms with Gasteiger partial charge in [-0.2, -0.15) is 0 Å². The van der Waals surface area contributed by atoms with Gasteiger partial charge in [0.15, 0.2) is 5.11 Å². The molecule has 130 valence electrons. The van der Waals surface area contributed by atoms with E-state index >= 15 is 0 Å². The van der Waals surface area contributed by atoms with Crippen LogP contribution in [0.25, 0.3) is 5.57 Å². The van der Waals surface area contributed by atoms with Gasteiger partial charge in [0.1, 0.15) is 11.5 Å². The number of benzene rings is 2. The van der Waals surface area contributed by atoms with E-state index in [1.807, 2.05) is 19.1 Å². The van der Waals surface area contributed by atoms with Gasteiger partial charge in [0.2, 0.25) is 0 Å². The lowest BCUT2D eigenvalue weighted by Crippen LogP contribution is -2.34. The SMILES string of the molecule is C=C(C)c1ccc(C(=O)NC(=S)Nc2ccc(OC)cc2OC)cc1. The Bertz CT molecular complexity index is 801. The second-order valence-electron chi connectivity index (χ2n) is 5.33. The van der Waals surface area contributed by atoms with Crippen LogP contribution >= 0.6 is 12.2 Å². The third kappa shape index (κ3) is 4.81. The van der Waals surface area contributed by atoms with Crippen LogP contribution in [0, 0.1) is 0 Å². The minimum atomic E-state index is -0.293. The van der Waals surface area contributed by atoms with Crippen molar-refractivity contribution in [2.45, 2.75) is 6.92 Å². The lowest BCUT2D eigenvalue weighted by molar-refractivity contribution is 0.0977. The highest BCUT2D eigenvalue weighted by Crippen LogP contribution is 2.28. The summed E-state index contributed by atoms with van der Waals surface area (Å²) >= 11 is 5.20. The topological polar surface area (TPSA) is 59.6 Å². The molecule has 6 heteroatoms. The van der Waals surface area contributed by atoms with E-state index in [1.165, 1.54) is 0 Å². The summed E-state index contributed by atoms with van der Waals surface area (Å²) in [4.78, 5) is 12.3. The molecule has 2 aromatic rings. The summed E-state index contributed by atoms with van der Waals surface area (Å²) in [6, 6.07) is 12.4.